The first-order valence-electron chi connectivity index (χ1n) is 7.87. The van der Waals surface area contributed by atoms with Crippen LogP contribution in [0, 0.1) is 5.82 Å². The average Bonchev–Trinajstić information content (AvgIpc) is 2.94. The fourth-order valence-electron chi connectivity index (χ4n) is 2.99. The predicted molar refractivity (Wildman–Crippen MR) is 94.8 cm³/mol. The second kappa shape index (κ2) is 7.14. The number of carbonyl (C=O) groups is 1. The summed E-state index contributed by atoms with van der Waals surface area (Å²) >= 11 is 6.09. The van der Waals surface area contributed by atoms with Crippen molar-refractivity contribution in [2.45, 2.75) is 19.0 Å². The molecule has 25 heavy (non-hydrogen) atoms. The maximum atomic E-state index is 14.2. The van der Waals surface area contributed by atoms with Gasteiger partial charge in [0.2, 0.25) is 0 Å². The minimum Gasteiger partial charge on any atom is -0.330 e. The molecule has 1 unspecified atom stereocenters. The lowest BCUT2D eigenvalue weighted by Gasteiger charge is -2.29. The quantitative estimate of drug-likeness (QED) is 0.816. The smallest absolute Gasteiger partial charge is 0.254 e. The molecule has 3 rings (SSSR count). The predicted octanol–water partition coefficient (Wildman–Crippen LogP) is 3.31. The fourth-order valence-corrected chi connectivity index (χ4v) is 4.94. The Balaban J connectivity index is 1.96. The molecule has 1 saturated heterocycles. The Hall–Kier alpha value is -1.92. The van der Waals surface area contributed by atoms with Gasteiger partial charge >= 0.3 is 0 Å². The summed E-state index contributed by atoms with van der Waals surface area (Å²) in [7, 11) is -3.19. The molecule has 1 aliphatic heterocycles. The van der Waals surface area contributed by atoms with Crippen LogP contribution in [0.15, 0.2) is 48.5 Å². The number of benzene rings is 2. The van der Waals surface area contributed by atoms with E-state index in [1.165, 1.54) is 17.0 Å². The molecule has 2 aromatic carbocycles. The van der Waals surface area contributed by atoms with Crippen LogP contribution in [0.25, 0.3) is 0 Å². The van der Waals surface area contributed by atoms with Crippen molar-refractivity contribution in [3.8, 4) is 0 Å². The number of carbonyl (C=O) groups excluding carboxylic acids is 1. The van der Waals surface area contributed by atoms with Crippen LogP contribution in [-0.4, -0.2) is 36.8 Å². The van der Waals surface area contributed by atoms with Crippen molar-refractivity contribution in [1.29, 1.82) is 0 Å². The number of hydrogen-bond donors (Lipinski definition) is 0. The molecular weight excluding hydrogens is 365 g/mol. The van der Waals surface area contributed by atoms with E-state index < -0.39 is 21.7 Å². The lowest BCUT2D eigenvalue weighted by molar-refractivity contribution is 0.0679. The van der Waals surface area contributed by atoms with Gasteiger partial charge in [0, 0.05) is 22.2 Å². The van der Waals surface area contributed by atoms with E-state index in [1.54, 1.807) is 36.4 Å². The van der Waals surface area contributed by atoms with Crippen LogP contribution >= 0.6 is 11.6 Å². The molecule has 2 aromatic rings. The summed E-state index contributed by atoms with van der Waals surface area (Å²) in [5, 5.41) is 0.215. The number of rotatable bonds is 4. The van der Waals surface area contributed by atoms with E-state index >= 15 is 0 Å². The first kappa shape index (κ1) is 17.9. The Morgan fingerprint density at radius 2 is 1.88 bits per heavy atom. The summed E-state index contributed by atoms with van der Waals surface area (Å²) in [6.07, 6.45) is 0.340. The van der Waals surface area contributed by atoms with Crippen LogP contribution in [0.4, 0.5) is 4.39 Å². The molecule has 1 aliphatic rings. The minimum atomic E-state index is -3.19. The maximum Gasteiger partial charge on any atom is 0.254 e. The summed E-state index contributed by atoms with van der Waals surface area (Å²) in [4.78, 5) is 14.4. The molecular formula is C18H17ClFNO3S. The second-order valence-corrected chi connectivity index (χ2v) is 8.69. The van der Waals surface area contributed by atoms with E-state index in [-0.39, 0.29) is 34.5 Å². The fraction of sp³-hybridized carbons (Fsp3) is 0.278. The van der Waals surface area contributed by atoms with Crippen molar-refractivity contribution >= 4 is 27.3 Å². The van der Waals surface area contributed by atoms with Crippen LogP contribution < -0.4 is 0 Å². The molecule has 0 spiro atoms. The van der Waals surface area contributed by atoms with Gasteiger partial charge in [0.05, 0.1) is 18.1 Å². The molecule has 0 bridgehead atoms. The van der Waals surface area contributed by atoms with Gasteiger partial charge in [-0.3, -0.25) is 4.79 Å². The highest BCUT2D eigenvalue weighted by Crippen LogP contribution is 2.26. The number of nitrogens with zero attached hydrogens (tertiary/aromatic N) is 1. The minimum absolute atomic E-state index is 0.0290. The summed E-state index contributed by atoms with van der Waals surface area (Å²) in [5.41, 5.74) is 0.622. The normalized spacial score (nSPS) is 18.9. The molecule has 0 radical (unpaired) electrons. The molecule has 1 atom stereocenters. The van der Waals surface area contributed by atoms with E-state index in [9.17, 15) is 17.6 Å². The van der Waals surface area contributed by atoms with E-state index in [0.29, 0.717) is 12.0 Å². The zero-order valence-corrected chi connectivity index (χ0v) is 14.9. The average molecular weight is 382 g/mol. The first-order chi connectivity index (χ1) is 11.9. The molecule has 1 amide bonds. The number of hydrogen-bond acceptors (Lipinski definition) is 3. The zero-order chi connectivity index (χ0) is 18.0. The highest BCUT2D eigenvalue weighted by Gasteiger charge is 2.35. The SMILES string of the molecule is O=C(c1ccccc1)N(Cc1c(F)cccc1Cl)C1CCS(=O)(=O)C1. The first-order valence-corrected chi connectivity index (χ1v) is 10.1. The van der Waals surface area contributed by atoms with Gasteiger partial charge < -0.3 is 4.90 Å². The van der Waals surface area contributed by atoms with E-state index in [2.05, 4.69) is 0 Å². The Bertz CT molecular complexity index is 866. The van der Waals surface area contributed by atoms with Crippen LogP contribution in [0.5, 0.6) is 0 Å². The van der Waals surface area contributed by atoms with Gasteiger partial charge in [-0.15, -0.1) is 0 Å². The molecule has 0 saturated carbocycles. The molecule has 132 valence electrons. The number of sulfone groups is 1. The third-order valence-corrected chi connectivity index (χ3v) is 6.43. The molecule has 4 nitrogen and oxygen atoms in total. The second-order valence-electron chi connectivity index (χ2n) is 6.06. The monoisotopic (exact) mass is 381 g/mol. The van der Waals surface area contributed by atoms with Crippen molar-refractivity contribution in [2.75, 3.05) is 11.5 Å². The van der Waals surface area contributed by atoms with E-state index in [1.807, 2.05) is 0 Å². The molecule has 0 aliphatic carbocycles. The van der Waals surface area contributed by atoms with Gasteiger partial charge in [-0.25, -0.2) is 12.8 Å². The van der Waals surface area contributed by atoms with Gasteiger partial charge in [-0.2, -0.15) is 0 Å². The molecule has 1 heterocycles. The van der Waals surface area contributed by atoms with E-state index in [0.717, 1.165) is 0 Å². The van der Waals surface area contributed by atoms with Crippen molar-refractivity contribution in [3.05, 3.63) is 70.5 Å². The van der Waals surface area contributed by atoms with Gasteiger partial charge in [-0.1, -0.05) is 35.9 Å². The lowest BCUT2D eigenvalue weighted by Crippen LogP contribution is -2.40. The zero-order valence-electron chi connectivity index (χ0n) is 13.4. The molecule has 0 N–H and O–H groups in total. The largest absolute Gasteiger partial charge is 0.330 e. The third kappa shape index (κ3) is 4.02. The van der Waals surface area contributed by atoms with Crippen LogP contribution in [-0.2, 0) is 16.4 Å². The number of amides is 1. The van der Waals surface area contributed by atoms with Crippen LogP contribution in [0.2, 0.25) is 5.02 Å². The topological polar surface area (TPSA) is 54.5 Å². The lowest BCUT2D eigenvalue weighted by atomic mass is 10.1. The van der Waals surface area contributed by atoms with Crippen LogP contribution in [0.3, 0.4) is 0 Å². The van der Waals surface area contributed by atoms with Gasteiger partial charge in [-0.05, 0) is 30.7 Å². The van der Waals surface area contributed by atoms with Gasteiger partial charge in [0.15, 0.2) is 9.84 Å². The summed E-state index contributed by atoms with van der Waals surface area (Å²) in [6.45, 7) is -0.0700. The van der Waals surface area contributed by atoms with Crippen molar-refractivity contribution in [3.63, 3.8) is 0 Å². The van der Waals surface area contributed by atoms with Gasteiger partial charge in [0.1, 0.15) is 5.82 Å². The molecule has 1 fully saturated rings. The highest BCUT2D eigenvalue weighted by molar-refractivity contribution is 7.91. The molecule has 0 aromatic heterocycles. The Morgan fingerprint density at radius 3 is 2.48 bits per heavy atom. The maximum absolute atomic E-state index is 14.2. The van der Waals surface area contributed by atoms with Crippen molar-refractivity contribution < 1.29 is 17.6 Å². The number of halogens is 2. The van der Waals surface area contributed by atoms with Crippen molar-refractivity contribution in [1.82, 2.24) is 4.90 Å². The Kier molecular flexibility index (Phi) is 5.11. The summed E-state index contributed by atoms with van der Waals surface area (Å²) in [5.74, 6) is -0.931. The van der Waals surface area contributed by atoms with Crippen molar-refractivity contribution in [2.24, 2.45) is 0 Å². The van der Waals surface area contributed by atoms with Gasteiger partial charge in [0.25, 0.3) is 5.91 Å². The van der Waals surface area contributed by atoms with E-state index in [4.69, 9.17) is 11.6 Å². The van der Waals surface area contributed by atoms with Crippen LogP contribution in [0.1, 0.15) is 22.3 Å². The highest BCUT2D eigenvalue weighted by atomic mass is 35.5. The summed E-state index contributed by atoms with van der Waals surface area (Å²) < 4.78 is 37.9. The Morgan fingerprint density at radius 1 is 1.16 bits per heavy atom. The summed E-state index contributed by atoms with van der Waals surface area (Å²) in [6, 6.07) is 12.4. The third-order valence-electron chi connectivity index (χ3n) is 4.32. The Labute approximate surface area is 151 Å². The standard InChI is InChI=1S/C18H17ClFNO3S/c19-16-7-4-8-17(20)15(16)11-21(14-9-10-25(23,24)12-14)18(22)13-5-2-1-3-6-13/h1-8,14H,9-12H2. The molecule has 7 heteroatoms.